The molecule has 0 aromatic heterocycles. The minimum atomic E-state index is -3.96. The number of alkyl halides is 2. The molecule has 0 bridgehead atoms. The summed E-state index contributed by atoms with van der Waals surface area (Å²) in [6.07, 6.45) is -2.95. The van der Waals surface area contributed by atoms with E-state index in [1.165, 1.54) is 0 Å². The zero-order valence-corrected chi connectivity index (χ0v) is 7.72. The Morgan fingerprint density at radius 3 is 2.15 bits per heavy atom. The van der Waals surface area contributed by atoms with Gasteiger partial charge in [-0.1, -0.05) is 6.92 Å². The molecule has 1 atom stereocenters. The third kappa shape index (κ3) is 5.51. The molecule has 78 valence electrons. The number of halogens is 2. The van der Waals surface area contributed by atoms with Crippen LogP contribution < -0.4 is 0 Å². The standard InChI is InChI=1S/C6H10F2O4S/c1-4(6(9)10)2-13(11,12)3-5(7)8/h4-5H,2-3H2,1H3,(H,9,10). The lowest BCUT2D eigenvalue weighted by molar-refractivity contribution is -0.140. The highest BCUT2D eigenvalue weighted by molar-refractivity contribution is 7.91. The second-order valence-corrected chi connectivity index (χ2v) is 4.86. The summed E-state index contributed by atoms with van der Waals surface area (Å²) in [7, 11) is -3.96. The number of sulfone groups is 1. The van der Waals surface area contributed by atoms with Crippen molar-refractivity contribution in [3.05, 3.63) is 0 Å². The molecule has 0 aliphatic heterocycles. The first-order valence-corrected chi connectivity index (χ1v) is 5.28. The fourth-order valence-electron chi connectivity index (χ4n) is 0.712. The predicted octanol–water partition coefficient (Wildman–Crippen LogP) is 0.387. The molecule has 0 aromatic carbocycles. The molecular weight excluding hydrogens is 206 g/mol. The molecule has 0 saturated carbocycles. The Kier molecular flexibility index (Phi) is 4.25. The molecule has 0 rings (SSSR count). The van der Waals surface area contributed by atoms with Crippen molar-refractivity contribution in [1.82, 2.24) is 0 Å². The Bertz CT molecular complexity index is 272. The quantitative estimate of drug-likeness (QED) is 0.721. The van der Waals surface area contributed by atoms with Crippen molar-refractivity contribution in [1.29, 1.82) is 0 Å². The van der Waals surface area contributed by atoms with Crippen LogP contribution in [0.15, 0.2) is 0 Å². The third-order valence-electron chi connectivity index (χ3n) is 1.31. The minimum Gasteiger partial charge on any atom is -0.481 e. The van der Waals surface area contributed by atoms with Gasteiger partial charge in [0.25, 0.3) is 6.43 Å². The van der Waals surface area contributed by atoms with Gasteiger partial charge in [0.15, 0.2) is 9.84 Å². The summed E-state index contributed by atoms with van der Waals surface area (Å²) in [5.74, 6) is -4.47. The molecule has 4 nitrogen and oxygen atoms in total. The van der Waals surface area contributed by atoms with Gasteiger partial charge < -0.3 is 5.11 Å². The molecule has 0 spiro atoms. The first-order valence-electron chi connectivity index (χ1n) is 3.46. The van der Waals surface area contributed by atoms with E-state index in [-0.39, 0.29) is 0 Å². The van der Waals surface area contributed by atoms with Gasteiger partial charge in [-0.2, -0.15) is 0 Å². The predicted molar refractivity (Wildman–Crippen MR) is 41.5 cm³/mol. The van der Waals surface area contributed by atoms with Crippen LogP contribution in [0.1, 0.15) is 6.92 Å². The molecule has 0 aliphatic carbocycles. The Balaban J connectivity index is 4.27. The van der Waals surface area contributed by atoms with E-state index in [4.69, 9.17) is 5.11 Å². The molecule has 0 saturated heterocycles. The molecule has 0 heterocycles. The monoisotopic (exact) mass is 216 g/mol. The van der Waals surface area contributed by atoms with Crippen LogP contribution in [0, 0.1) is 5.92 Å². The highest BCUT2D eigenvalue weighted by atomic mass is 32.2. The van der Waals surface area contributed by atoms with E-state index in [1.54, 1.807) is 0 Å². The molecule has 7 heteroatoms. The summed E-state index contributed by atoms with van der Waals surface area (Å²) < 4.78 is 44.9. The fraction of sp³-hybridized carbons (Fsp3) is 0.833. The van der Waals surface area contributed by atoms with E-state index in [9.17, 15) is 22.0 Å². The zero-order chi connectivity index (χ0) is 10.6. The number of carbonyl (C=O) groups is 1. The number of rotatable bonds is 5. The summed E-state index contributed by atoms with van der Waals surface area (Å²) >= 11 is 0. The van der Waals surface area contributed by atoms with Crippen molar-refractivity contribution in [2.75, 3.05) is 11.5 Å². The Morgan fingerprint density at radius 1 is 1.38 bits per heavy atom. The number of hydrogen-bond acceptors (Lipinski definition) is 3. The lowest BCUT2D eigenvalue weighted by Gasteiger charge is -2.06. The largest absolute Gasteiger partial charge is 0.481 e. The highest BCUT2D eigenvalue weighted by Crippen LogP contribution is 2.06. The van der Waals surface area contributed by atoms with Crippen molar-refractivity contribution >= 4 is 15.8 Å². The topological polar surface area (TPSA) is 71.4 Å². The van der Waals surface area contributed by atoms with Crippen LogP contribution in [0.3, 0.4) is 0 Å². The van der Waals surface area contributed by atoms with Crippen LogP contribution in [0.4, 0.5) is 8.78 Å². The normalized spacial score (nSPS) is 14.5. The highest BCUT2D eigenvalue weighted by Gasteiger charge is 2.24. The van der Waals surface area contributed by atoms with Crippen LogP contribution in [0.2, 0.25) is 0 Å². The summed E-state index contributed by atoms with van der Waals surface area (Å²) in [5.41, 5.74) is 0. The van der Waals surface area contributed by atoms with Gasteiger partial charge in [-0.3, -0.25) is 4.79 Å². The number of aliphatic carboxylic acids is 1. The van der Waals surface area contributed by atoms with Crippen molar-refractivity contribution in [3.63, 3.8) is 0 Å². The van der Waals surface area contributed by atoms with Crippen molar-refractivity contribution in [2.24, 2.45) is 5.92 Å². The van der Waals surface area contributed by atoms with E-state index in [1.807, 2.05) is 0 Å². The number of hydrogen-bond donors (Lipinski definition) is 1. The van der Waals surface area contributed by atoms with Crippen LogP contribution in [0.5, 0.6) is 0 Å². The van der Waals surface area contributed by atoms with Crippen molar-refractivity contribution in [3.8, 4) is 0 Å². The van der Waals surface area contributed by atoms with E-state index in [0.717, 1.165) is 6.92 Å². The summed E-state index contributed by atoms with van der Waals surface area (Å²) in [6, 6.07) is 0. The Labute approximate surface area is 74.5 Å². The third-order valence-corrected chi connectivity index (χ3v) is 3.07. The number of carboxylic acids is 1. The van der Waals surface area contributed by atoms with E-state index < -0.39 is 39.7 Å². The molecule has 1 N–H and O–H groups in total. The van der Waals surface area contributed by atoms with Gasteiger partial charge in [-0.15, -0.1) is 0 Å². The van der Waals surface area contributed by atoms with Crippen LogP contribution in [-0.2, 0) is 14.6 Å². The Morgan fingerprint density at radius 2 is 1.85 bits per heavy atom. The van der Waals surface area contributed by atoms with Crippen LogP contribution in [-0.4, -0.2) is 37.4 Å². The first-order chi connectivity index (χ1) is 5.74. The summed E-state index contributed by atoms with van der Waals surface area (Å²) in [5, 5.41) is 8.33. The molecule has 0 fully saturated rings. The Hall–Kier alpha value is -0.720. The summed E-state index contributed by atoms with van der Waals surface area (Å²) in [6.45, 7) is 1.16. The fourth-order valence-corrected chi connectivity index (χ4v) is 2.14. The summed E-state index contributed by atoms with van der Waals surface area (Å²) in [4.78, 5) is 10.2. The van der Waals surface area contributed by atoms with E-state index in [0.29, 0.717) is 0 Å². The SMILES string of the molecule is CC(CS(=O)(=O)CC(F)F)C(=O)O. The van der Waals surface area contributed by atoms with Crippen LogP contribution >= 0.6 is 0 Å². The molecule has 1 unspecified atom stereocenters. The van der Waals surface area contributed by atoms with Crippen molar-refractivity contribution in [2.45, 2.75) is 13.3 Å². The van der Waals surface area contributed by atoms with E-state index >= 15 is 0 Å². The van der Waals surface area contributed by atoms with Gasteiger partial charge in [-0.25, -0.2) is 17.2 Å². The van der Waals surface area contributed by atoms with Crippen LogP contribution in [0.25, 0.3) is 0 Å². The average molecular weight is 216 g/mol. The molecule has 0 radical (unpaired) electrons. The van der Waals surface area contributed by atoms with Gasteiger partial charge in [0.1, 0.15) is 5.75 Å². The zero-order valence-electron chi connectivity index (χ0n) is 6.91. The first kappa shape index (κ1) is 12.3. The maximum Gasteiger partial charge on any atom is 0.307 e. The molecular formula is C6H10F2O4S. The van der Waals surface area contributed by atoms with Gasteiger partial charge in [-0.05, 0) is 0 Å². The molecule has 0 aromatic rings. The minimum absolute atomic E-state index is 0.743. The van der Waals surface area contributed by atoms with Gasteiger partial charge in [0.2, 0.25) is 0 Å². The maximum absolute atomic E-state index is 11.7. The van der Waals surface area contributed by atoms with E-state index in [2.05, 4.69) is 0 Å². The second kappa shape index (κ2) is 4.50. The van der Waals surface area contributed by atoms with Gasteiger partial charge in [0.05, 0.1) is 11.7 Å². The molecule has 0 aliphatic rings. The smallest absolute Gasteiger partial charge is 0.307 e. The maximum atomic E-state index is 11.7. The molecule has 0 amide bonds. The van der Waals surface area contributed by atoms with Gasteiger partial charge >= 0.3 is 5.97 Å². The second-order valence-electron chi connectivity index (χ2n) is 2.71. The average Bonchev–Trinajstić information content (AvgIpc) is 1.81. The van der Waals surface area contributed by atoms with Gasteiger partial charge in [0, 0.05) is 0 Å². The lowest BCUT2D eigenvalue weighted by Crippen LogP contribution is -2.25. The molecule has 13 heavy (non-hydrogen) atoms. The number of carboxylic acid groups (broad SMARTS) is 1. The van der Waals surface area contributed by atoms with Crippen molar-refractivity contribution < 1.29 is 27.1 Å². The lowest BCUT2D eigenvalue weighted by atomic mass is 10.2.